The third-order valence-corrected chi connectivity index (χ3v) is 4.91. The minimum Gasteiger partial charge on any atom is -0.356 e. The maximum absolute atomic E-state index is 12.1. The van der Waals surface area contributed by atoms with Crippen LogP contribution in [0.15, 0.2) is 11.1 Å². The summed E-state index contributed by atoms with van der Waals surface area (Å²) in [6, 6.07) is 0. The van der Waals surface area contributed by atoms with Crippen LogP contribution in [0.5, 0.6) is 0 Å². The highest BCUT2D eigenvalue weighted by atomic mass is 16.5. The van der Waals surface area contributed by atoms with Crippen LogP contribution < -0.4 is 10.9 Å². The van der Waals surface area contributed by atoms with Crippen molar-refractivity contribution < 1.29 is 4.74 Å². The first-order valence-corrected chi connectivity index (χ1v) is 9.79. The van der Waals surface area contributed by atoms with Crippen LogP contribution in [0.3, 0.4) is 0 Å². The quantitative estimate of drug-likeness (QED) is 0.808. The van der Waals surface area contributed by atoms with E-state index in [1.54, 1.807) is 6.33 Å². The summed E-state index contributed by atoms with van der Waals surface area (Å²) in [7, 11) is 0. The molecule has 1 aliphatic rings. The van der Waals surface area contributed by atoms with Crippen molar-refractivity contribution >= 4 is 17.1 Å². The van der Waals surface area contributed by atoms with E-state index in [1.165, 1.54) is 0 Å². The van der Waals surface area contributed by atoms with Gasteiger partial charge in [-0.15, -0.1) is 0 Å². The van der Waals surface area contributed by atoms with Crippen molar-refractivity contribution in [1.82, 2.24) is 19.5 Å². The Labute approximate surface area is 155 Å². The molecule has 3 rings (SSSR count). The zero-order valence-electron chi connectivity index (χ0n) is 16.9. The van der Waals surface area contributed by atoms with Gasteiger partial charge in [0.25, 0.3) is 5.56 Å². The van der Waals surface area contributed by atoms with E-state index in [-0.39, 0.29) is 23.3 Å². The molecule has 2 atom stereocenters. The normalized spacial score (nSPS) is 20.1. The molecule has 0 spiro atoms. The number of hydrogen-bond donors (Lipinski definition) is 2. The summed E-state index contributed by atoms with van der Waals surface area (Å²) in [6.07, 6.45) is 5.94. The molecule has 2 aromatic rings. The van der Waals surface area contributed by atoms with Crippen molar-refractivity contribution in [2.45, 2.75) is 79.6 Å². The Kier molecular flexibility index (Phi) is 6.81. The van der Waals surface area contributed by atoms with Crippen molar-refractivity contribution in [2.24, 2.45) is 5.41 Å². The Morgan fingerprint density at radius 2 is 2.08 bits per heavy atom. The Morgan fingerprint density at radius 1 is 1.35 bits per heavy atom. The minimum absolute atomic E-state index is 0.101. The molecular weight excluding hydrogens is 330 g/mol. The average Bonchev–Trinajstić information content (AvgIpc) is 3.23. The van der Waals surface area contributed by atoms with Crippen molar-refractivity contribution in [3.05, 3.63) is 16.7 Å². The van der Waals surface area contributed by atoms with Crippen LogP contribution in [-0.4, -0.2) is 32.2 Å². The van der Waals surface area contributed by atoms with E-state index >= 15 is 0 Å². The summed E-state index contributed by atoms with van der Waals surface area (Å²) in [5, 5.41) is 3.05. The number of ether oxygens (including phenoxy) is 1. The predicted octanol–water partition coefficient (Wildman–Crippen LogP) is 4.08. The monoisotopic (exact) mass is 363 g/mol. The number of fused-ring (bicyclic) bond motifs is 1. The second-order valence-corrected chi connectivity index (χ2v) is 7.28. The zero-order chi connectivity index (χ0) is 19.3. The van der Waals surface area contributed by atoms with E-state index in [4.69, 9.17) is 4.74 Å². The lowest BCUT2D eigenvalue weighted by molar-refractivity contribution is -0.0152. The lowest BCUT2D eigenvalue weighted by Gasteiger charge is -2.26. The van der Waals surface area contributed by atoms with Gasteiger partial charge in [0, 0.05) is 6.54 Å². The second-order valence-electron chi connectivity index (χ2n) is 7.28. The third kappa shape index (κ3) is 4.44. The number of aromatic amines is 1. The van der Waals surface area contributed by atoms with Crippen molar-refractivity contribution in [3.8, 4) is 0 Å². The molecule has 0 saturated carbocycles. The summed E-state index contributed by atoms with van der Waals surface area (Å²) >= 11 is 0. The fraction of sp³-hybridized carbons (Fsp3) is 0.737. The molecule has 0 radical (unpaired) electrons. The number of hydrogen-bond acceptors (Lipinski definition) is 5. The summed E-state index contributed by atoms with van der Waals surface area (Å²) in [5.74, 6) is 0.471. The molecule has 3 heterocycles. The van der Waals surface area contributed by atoms with Crippen LogP contribution in [0.4, 0.5) is 5.95 Å². The SMILES string of the molecule is CC.CCNc1nc2c(ncn2[C@H]2CCC(CC(C)(C)CC)O2)c(=O)[nH]1. The van der Waals surface area contributed by atoms with Gasteiger partial charge in [0.05, 0.1) is 12.4 Å². The van der Waals surface area contributed by atoms with Crippen molar-refractivity contribution in [2.75, 3.05) is 11.9 Å². The van der Waals surface area contributed by atoms with Gasteiger partial charge in [0.1, 0.15) is 6.23 Å². The lowest BCUT2D eigenvalue weighted by atomic mass is 9.83. The van der Waals surface area contributed by atoms with Crippen molar-refractivity contribution in [3.63, 3.8) is 0 Å². The summed E-state index contributed by atoms with van der Waals surface area (Å²) < 4.78 is 8.13. The topological polar surface area (TPSA) is 84.8 Å². The van der Waals surface area contributed by atoms with E-state index in [1.807, 2.05) is 25.3 Å². The van der Waals surface area contributed by atoms with Gasteiger partial charge in [-0.05, 0) is 31.6 Å². The highest BCUT2D eigenvalue weighted by Crippen LogP contribution is 2.37. The average molecular weight is 364 g/mol. The number of imidazole rings is 1. The van der Waals surface area contributed by atoms with E-state index in [2.05, 4.69) is 41.0 Å². The van der Waals surface area contributed by atoms with Crippen LogP contribution in [0.1, 0.15) is 73.5 Å². The van der Waals surface area contributed by atoms with Crippen LogP contribution in [-0.2, 0) is 4.74 Å². The number of aromatic nitrogens is 4. The highest BCUT2D eigenvalue weighted by Gasteiger charge is 2.32. The molecule has 26 heavy (non-hydrogen) atoms. The highest BCUT2D eigenvalue weighted by molar-refractivity contribution is 5.70. The molecule has 1 aliphatic heterocycles. The molecule has 7 heteroatoms. The lowest BCUT2D eigenvalue weighted by Crippen LogP contribution is -2.20. The first kappa shape index (κ1) is 20.4. The fourth-order valence-electron chi connectivity index (χ4n) is 3.19. The number of rotatable bonds is 6. The standard InChI is InChI=1S/C17H27N5O2.C2H6/c1-5-17(3,4)9-11-7-8-12(24-11)22-10-19-13-14(22)20-16(18-6-2)21-15(13)23;1-2/h10-12H,5-9H2,1-4H3,(H2,18,20,21,23);1-2H3/t11?,12-;/m1./s1. The largest absolute Gasteiger partial charge is 0.356 e. The molecule has 2 N–H and O–H groups in total. The smallest absolute Gasteiger partial charge is 0.280 e. The van der Waals surface area contributed by atoms with Crippen molar-refractivity contribution in [1.29, 1.82) is 0 Å². The number of nitrogens with one attached hydrogen (secondary N) is 2. The molecule has 0 aromatic carbocycles. The fourth-order valence-corrected chi connectivity index (χ4v) is 3.19. The molecule has 2 aromatic heterocycles. The molecule has 1 saturated heterocycles. The molecule has 0 amide bonds. The van der Waals surface area contributed by atoms with E-state index in [0.29, 0.717) is 23.7 Å². The summed E-state index contributed by atoms with van der Waals surface area (Å²) in [6.45, 7) is 13.4. The Morgan fingerprint density at radius 3 is 2.73 bits per heavy atom. The number of H-pyrrole nitrogens is 1. The summed E-state index contributed by atoms with van der Waals surface area (Å²) in [5.41, 5.74) is 0.994. The molecule has 0 bridgehead atoms. The minimum atomic E-state index is -0.226. The molecular formula is C19H33N5O2. The van der Waals surface area contributed by atoms with Gasteiger partial charge >= 0.3 is 0 Å². The zero-order valence-corrected chi connectivity index (χ0v) is 16.9. The number of nitrogens with zero attached hydrogens (tertiary/aromatic N) is 3. The summed E-state index contributed by atoms with van der Waals surface area (Å²) in [4.78, 5) is 23.6. The molecule has 0 aliphatic carbocycles. The first-order chi connectivity index (χ1) is 12.4. The van der Waals surface area contributed by atoms with E-state index in [9.17, 15) is 4.79 Å². The van der Waals surface area contributed by atoms with E-state index < -0.39 is 0 Å². The van der Waals surface area contributed by atoms with Gasteiger partial charge in [0.2, 0.25) is 5.95 Å². The van der Waals surface area contributed by atoms with E-state index in [0.717, 1.165) is 25.7 Å². The maximum atomic E-state index is 12.1. The molecule has 146 valence electrons. The molecule has 7 nitrogen and oxygen atoms in total. The number of anilines is 1. The Hall–Kier alpha value is -1.89. The van der Waals surface area contributed by atoms with Crippen LogP contribution in [0, 0.1) is 5.41 Å². The van der Waals surface area contributed by atoms with Gasteiger partial charge < -0.3 is 10.1 Å². The Balaban J connectivity index is 0.00000117. The van der Waals surface area contributed by atoms with Crippen LogP contribution >= 0.6 is 0 Å². The van der Waals surface area contributed by atoms with Gasteiger partial charge in [-0.25, -0.2) is 4.98 Å². The van der Waals surface area contributed by atoms with Gasteiger partial charge in [-0.3, -0.25) is 14.3 Å². The Bertz CT molecular complexity index is 765. The van der Waals surface area contributed by atoms with Crippen LogP contribution in [0.25, 0.3) is 11.2 Å². The predicted molar refractivity (Wildman–Crippen MR) is 105 cm³/mol. The van der Waals surface area contributed by atoms with Crippen LogP contribution in [0.2, 0.25) is 0 Å². The molecule has 1 fully saturated rings. The third-order valence-electron chi connectivity index (χ3n) is 4.91. The van der Waals surface area contributed by atoms with Gasteiger partial charge in [0.15, 0.2) is 11.2 Å². The second kappa shape index (κ2) is 8.66. The molecule has 1 unspecified atom stereocenters. The van der Waals surface area contributed by atoms with Gasteiger partial charge in [-0.2, -0.15) is 4.98 Å². The first-order valence-electron chi connectivity index (χ1n) is 9.79. The van der Waals surface area contributed by atoms with Gasteiger partial charge in [-0.1, -0.05) is 41.0 Å². The maximum Gasteiger partial charge on any atom is 0.280 e.